The van der Waals surface area contributed by atoms with Crippen LogP contribution in [0.5, 0.6) is 17.2 Å². The summed E-state index contributed by atoms with van der Waals surface area (Å²) in [6.45, 7) is 4.11. The molecule has 0 radical (unpaired) electrons. The fourth-order valence-electron chi connectivity index (χ4n) is 2.17. The molecule has 0 aliphatic rings. The van der Waals surface area contributed by atoms with E-state index in [9.17, 15) is 4.79 Å². The Morgan fingerprint density at radius 3 is 2.46 bits per heavy atom. The summed E-state index contributed by atoms with van der Waals surface area (Å²) >= 11 is 3.45. The summed E-state index contributed by atoms with van der Waals surface area (Å²) < 4.78 is 16.8. The van der Waals surface area contributed by atoms with E-state index in [2.05, 4.69) is 29.8 Å². The van der Waals surface area contributed by atoms with Gasteiger partial charge in [0.2, 0.25) is 0 Å². The van der Waals surface area contributed by atoms with Gasteiger partial charge in [-0.25, -0.2) is 4.79 Å². The number of hydrogen-bond donors (Lipinski definition) is 0. The molecule has 24 heavy (non-hydrogen) atoms. The zero-order chi connectivity index (χ0) is 17.5. The van der Waals surface area contributed by atoms with Gasteiger partial charge < -0.3 is 14.2 Å². The van der Waals surface area contributed by atoms with Crippen molar-refractivity contribution in [2.75, 3.05) is 13.7 Å². The van der Waals surface area contributed by atoms with Crippen molar-refractivity contribution in [2.45, 2.75) is 26.2 Å². The summed E-state index contributed by atoms with van der Waals surface area (Å²) in [5.41, 5.74) is 1.20. The monoisotopic (exact) mass is 392 g/mol. The van der Waals surface area contributed by atoms with E-state index in [1.807, 2.05) is 24.3 Å². The highest BCUT2D eigenvalue weighted by atomic mass is 79.9. The molecule has 0 bridgehead atoms. The van der Waals surface area contributed by atoms with Crippen molar-refractivity contribution < 1.29 is 19.0 Å². The number of halogens is 1. The number of para-hydroxylation sites is 2. The van der Waals surface area contributed by atoms with Crippen LogP contribution in [0, 0.1) is 0 Å². The van der Waals surface area contributed by atoms with Crippen LogP contribution in [0.15, 0.2) is 46.9 Å². The molecule has 0 spiro atoms. The maximum atomic E-state index is 12.0. The summed E-state index contributed by atoms with van der Waals surface area (Å²) in [5, 5.41) is 0. The second-order valence-corrected chi connectivity index (χ2v) is 6.27. The first-order valence-corrected chi connectivity index (χ1v) is 8.60. The highest BCUT2D eigenvalue weighted by Gasteiger charge is 2.12. The number of methoxy groups -OCH3 is 1. The van der Waals surface area contributed by atoms with Crippen molar-refractivity contribution in [3.8, 4) is 17.2 Å². The van der Waals surface area contributed by atoms with Gasteiger partial charge in [-0.1, -0.05) is 32.0 Å². The van der Waals surface area contributed by atoms with E-state index < -0.39 is 5.97 Å². The van der Waals surface area contributed by atoms with Gasteiger partial charge in [-0.15, -0.1) is 0 Å². The number of carbonyl (C=O) groups is 1. The molecule has 0 heterocycles. The molecule has 0 fully saturated rings. The predicted molar refractivity (Wildman–Crippen MR) is 97.0 cm³/mol. The molecule has 0 N–H and O–H groups in total. The lowest BCUT2D eigenvalue weighted by molar-refractivity contribution is -0.136. The summed E-state index contributed by atoms with van der Waals surface area (Å²) in [4.78, 5) is 12.0. The third-order valence-electron chi connectivity index (χ3n) is 3.78. The normalized spacial score (nSPS) is 11.7. The van der Waals surface area contributed by atoms with Crippen LogP contribution < -0.4 is 14.2 Å². The summed E-state index contributed by atoms with van der Waals surface area (Å²) in [7, 11) is 1.55. The zero-order valence-corrected chi connectivity index (χ0v) is 15.6. The van der Waals surface area contributed by atoms with Crippen molar-refractivity contribution in [1.82, 2.24) is 0 Å². The Morgan fingerprint density at radius 1 is 1.12 bits per heavy atom. The largest absolute Gasteiger partial charge is 0.493 e. The lowest BCUT2D eigenvalue weighted by atomic mass is 9.99. The van der Waals surface area contributed by atoms with Crippen LogP contribution in [0.1, 0.15) is 31.7 Å². The molecule has 1 atom stereocenters. The first-order chi connectivity index (χ1) is 11.5. The quantitative estimate of drug-likeness (QED) is 0.493. The van der Waals surface area contributed by atoms with Gasteiger partial charge in [-0.05, 0) is 58.1 Å². The van der Waals surface area contributed by atoms with Crippen molar-refractivity contribution >= 4 is 21.9 Å². The number of rotatable bonds is 7. The van der Waals surface area contributed by atoms with E-state index in [4.69, 9.17) is 14.2 Å². The second-order valence-electron chi connectivity index (χ2n) is 5.41. The summed E-state index contributed by atoms with van der Waals surface area (Å²) in [6.07, 6.45) is 1.05. The minimum atomic E-state index is -0.474. The van der Waals surface area contributed by atoms with Crippen molar-refractivity contribution in [2.24, 2.45) is 0 Å². The average molecular weight is 393 g/mol. The van der Waals surface area contributed by atoms with Crippen molar-refractivity contribution in [3.63, 3.8) is 0 Å². The second kappa shape index (κ2) is 8.73. The third kappa shape index (κ3) is 4.74. The summed E-state index contributed by atoms with van der Waals surface area (Å²) in [6, 6.07) is 12.9. The van der Waals surface area contributed by atoms with Crippen LogP contribution in [-0.4, -0.2) is 19.7 Å². The Labute approximate surface area is 150 Å². The standard InChI is InChI=1S/C19H21BrO4/c1-4-13(2)14-9-10-16(15(20)11-14)24-19(21)12-23-18-8-6-5-7-17(18)22-3/h5-11,13H,4,12H2,1-3H3. The van der Waals surface area contributed by atoms with Gasteiger partial charge in [-0.3, -0.25) is 0 Å². The lowest BCUT2D eigenvalue weighted by Gasteiger charge is -2.13. The minimum absolute atomic E-state index is 0.195. The molecule has 0 saturated heterocycles. The maximum Gasteiger partial charge on any atom is 0.349 e. The van der Waals surface area contributed by atoms with E-state index in [-0.39, 0.29) is 6.61 Å². The topological polar surface area (TPSA) is 44.8 Å². The molecule has 2 aromatic carbocycles. The molecule has 0 aliphatic heterocycles. The molecule has 1 unspecified atom stereocenters. The van der Waals surface area contributed by atoms with E-state index in [0.717, 1.165) is 10.9 Å². The van der Waals surface area contributed by atoms with E-state index in [0.29, 0.717) is 23.2 Å². The number of ether oxygens (including phenoxy) is 3. The third-order valence-corrected chi connectivity index (χ3v) is 4.40. The Morgan fingerprint density at radius 2 is 1.83 bits per heavy atom. The van der Waals surface area contributed by atoms with Crippen LogP contribution in [0.25, 0.3) is 0 Å². The van der Waals surface area contributed by atoms with Crippen molar-refractivity contribution in [3.05, 3.63) is 52.5 Å². The van der Waals surface area contributed by atoms with Crippen LogP contribution in [-0.2, 0) is 4.79 Å². The molecule has 0 aromatic heterocycles. The lowest BCUT2D eigenvalue weighted by Crippen LogP contribution is -2.18. The molecule has 4 nitrogen and oxygen atoms in total. The fraction of sp³-hybridized carbons (Fsp3) is 0.316. The van der Waals surface area contributed by atoms with Gasteiger partial charge in [0.15, 0.2) is 18.1 Å². The van der Waals surface area contributed by atoms with Gasteiger partial charge >= 0.3 is 5.97 Å². The smallest absolute Gasteiger partial charge is 0.349 e. The van der Waals surface area contributed by atoms with Crippen LogP contribution in [0.4, 0.5) is 0 Å². The van der Waals surface area contributed by atoms with Gasteiger partial charge in [0, 0.05) is 0 Å². The van der Waals surface area contributed by atoms with Crippen LogP contribution in [0.2, 0.25) is 0 Å². The van der Waals surface area contributed by atoms with E-state index >= 15 is 0 Å². The first-order valence-electron chi connectivity index (χ1n) is 7.81. The molecule has 0 aliphatic carbocycles. The Balaban J connectivity index is 1.97. The van der Waals surface area contributed by atoms with Crippen LogP contribution >= 0.6 is 15.9 Å². The van der Waals surface area contributed by atoms with Gasteiger partial charge in [0.05, 0.1) is 11.6 Å². The molecular formula is C19H21BrO4. The van der Waals surface area contributed by atoms with E-state index in [1.165, 1.54) is 5.56 Å². The molecule has 0 saturated carbocycles. The number of esters is 1. The molecular weight excluding hydrogens is 372 g/mol. The Bertz CT molecular complexity index is 700. The molecule has 128 valence electrons. The number of benzene rings is 2. The number of carbonyl (C=O) groups excluding carboxylic acids is 1. The maximum absolute atomic E-state index is 12.0. The molecule has 2 rings (SSSR count). The SMILES string of the molecule is CCC(C)c1ccc(OC(=O)COc2ccccc2OC)c(Br)c1. The van der Waals surface area contributed by atoms with Crippen LogP contribution in [0.3, 0.4) is 0 Å². The molecule has 0 amide bonds. The first kappa shape index (κ1) is 18.3. The summed E-state index contributed by atoms with van der Waals surface area (Å²) in [5.74, 6) is 1.54. The van der Waals surface area contributed by atoms with Crippen molar-refractivity contribution in [1.29, 1.82) is 0 Å². The van der Waals surface area contributed by atoms with Gasteiger partial charge in [0.1, 0.15) is 5.75 Å². The number of hydrogen-bond acceptors (Lipinski definition) is 4. The highest BCUT2D eigenvalue weighted by molar-refractivity contribution is 9.10. The predicted octanol–water partition coefficient (Wildman–Crippen LogP) is 4.96. The Hall–Kier alpha value is -2.01. The highest BCUT2D eigenvalue weighted by Crippen LogP contribution is 2.30. The molecule has 2 aromatic rings. The average Bonchev–Trinajstić information content (AvgIpc) is 2.61. The fourth-order valence-corrected chi connectivity index (χ4v) is 2.65. The minimum Gasteiger partial charge on any atom is -0.493 e. The Kier molecular flexibility index (Phi) is 6.67. The zero-order valence-electron chi connectivity index (χ0n) is 14.0. The van der Waals surface area contributed by atoms with Gasteiger partial charge in [-0.2, -0.15) is 0 Å². The molecule has 5 heteroatoms. The van der Waals surface area contributed by atoms with Gasteiger partial charge in [0.25, 0.3) is 0 Å². The van der Waals surface area contributed by atoms with E-state index in [1.54, 1.807) is 25.3 Å².